The molecular formula is C27H29N5O4. The Morgan fingerprint density at radius 3 is 2.47 bits per heavy atom. The zero-order valence-electron chi connectivity index (χ0n) is 20.4. The second-order valence-corrected chi connectivity index (χ2v) is 8.94. The minimum atomic E-state index is -0.390. The molecule has 1 N–H and O–H groups in total. The lowest BCUT2D eigenvalue weighted by molar-refractivity contribution is -0.169. The standard InChI is InChI=1S/C27H29N5O4/c1-33-24-6-4-3-5-21(24)23-10-8-20-18-28-26(30-32(20)23)29-22-9-7-19(17-25(22)34-2)31-13-11-27(12-14-31)35-15-16-36-27/h3-10,17-18H,11-16H2,1-2H3,(H,29,30). The zero-order chi connectivity index (χ0) is 24.5. The highest BCUT2D eigenvalue weighted by Crippen LogP contribution is 2.37. The molecule has 0 unspecified atom stereocenters. The van der Waals surface area contributed by atoms with Gasteiger partial charge < -0.3 is 29.2 Å². The van der Waals surface area contributed by atoms with Crippen molar-refractivity contribution in [2.24, 2.45) is 0 Å². The summed E-state index contributed by atoms with van der Waals surface area (Å²) in [6.07, 6.45) is 3.51. The highest BCUT2D eigenvalue weighted by Gasteiger charge is 2.39. The Bertz CT molecular complexity index is 1370. The maximum absolute atomic E-state index is 5.86. The number of fused-ring (bicyclic) bond motifs is 1. The van der Waals surface area contributed by atoms with Gasteiger partial charge in [-0.05, 0) is 36.4 Å². The fourth-order valence-corrected chi connectivity index (χ4v) is 5.01. The predicted octanol–water partition coefficient (Wildman–Crippen LogP) is 4.50. The number of hydrogen-bond acceptors (Lipinski definition) is 8. The van der Waals surface area contributed by atoms with Crippen LogP contribution in [0.4, 0.5) is 17.3 Å². The second-order valence-electron chi connectivity index (χ2n) is 8.94. The van der Waals surface area contributed by atoms with Gasteiger partial charge in [0.2, 0.25) is 5.95 Å². The number of piperidine rings is 1. The molecule has 0 saturated carbocycles. The van der Waals surface area contributed by atoms with Crippen LogP contribution in [0.1, 0.15) is 12.8 Å². The molecule has 1 spiro atoms. The molecule has 9 heteroatoms. The Hall–Kier alpha value is -3.82. The Balaban J connectivity index is 1.24. The van der Waals surface area contributed by atoms with Crippen molar-refractivity contribution in [3.05, 3.63) is 60.8 Å². The molecule has 2 saturated heterocycles. The molecule has 9 nitrogen and oxygen atoms in total. The van der Waals surface area contributed by atoms with Gasteiger partial charge in [0.25, 0.3) is 0 Å². The van der Waals surface area contributed by atoms with Crippen LogP contribution in [0.25, 0.3) is 16.8 Å². The molecule has 2 aromatic heterocycles. The second kappa shape index (κ2) is 9.33. The Morgan fingerprint density at radius 1 is 0.917 bits per heavy atom. The lowest BCUT2D eigenvalue weighted by Gasteiger charge is -2.38. The lowest BCUT2D eigenvalue weighted by Crippen LogP contribution is -2.45. The van der Waals surface area contributed by atoms with Crippen molar-refractivity contribution in [2.75, 3.05) is 50.7 Å². The largest absolute Gasteiger partial charge is 0.496 e. The van der Waals surface area contributed by atoms with Gasteiger partial charge in [0.1, 0.15) is 11.5 Å². The number of ether oxygens (including phenoxy) is 4. The highest BCUT2D eigenvalue weighted by atomic mass is 16.7. The number of nitrogens with one attached hydrogen (secondary N) is 1. The van der Waals surface area contributed by atoms with Crippen LogP contribution in [-0.4, -0.2) is 60.9 Å². The average Bonchev–Trinajstić information content (AvgIpc) is 3.56. The molecule has 0 radical (unpaired) electrons. The molecule has 0 amide bonds. The summed E-state index contributed by atoms with van der Waals surface area (Å²) in [7, 11) is 3.34. The van der Waals surface area contributed by atoms with E-state index in [2.05, 4.69) is 21.3 Å². The molecule has 2 fully saturated rings. The number of rotatable bonds is 6. The molecule has 36 heavy (non-hydrogen) atoms. The van der Waals surface area contributed by atoms with Crippen LogP contribution in [0.5, 0.6) is 11.5 Å². The third kappa shape index (κ3) is 4.10. The smallest absolute Gasteiger partial charge is 0.245 e. The van der Waals surface area contributed by atoms with Gasteiger partial charge in [0.05, 0.1) is 50.5 Å². The summed E-state index contributed by atoms with van der Waals surface area (Å²) in [6.45, 7) is 3.11. The first-order valence-corrected chi connectivity index (χ1v) is 12.1. The van der Waals surface area contributed by atoms with Crippen molar-refractivity contribution >= 4 is 22.8 Å². The van der Waals surface area contributed by atoms with Gasteiger partial charge in [-0.15, -0.1) is 5.10 Å². The Labute approximate surface area is 209 Å². The maximum Gasteiger partial charge on any atom is 0.245 e. The van der Waals surface area contributed by atoms with Crippen LogP contribution >= 0.6 is 0 Å². The lowest BCUT2D eigenvalue weighted by atomic mass is 10.0. The van der Waals surface area contributed by atoms with Gasteiger partial charge >= 0.3 is 0 Å². The van der Waals surface area contributed by atoms with E-state index in [0.29, 0.717) is 19.2 Å². The first-order valence-electron chi connectivity index (χ1n) is 12.1. The van der Waals surface area contributed by atoms with E-state index in [0.717, 1.165) is 65.6 Å². The van der Waals surface area contributed by atoms with Gasteiger partial charge in [-0.25, -0.2) is 9.50 Å². The first-order chi connectivity index (χ1) is 17.7. The van der Waals surface area contributed by atoms with Crippen molar-refractivity contribution in [1.82, 2.24) is 14.6 Å². The van der Waals surface area contributed by atoms with Gasteiger partial charge in [0, 0.05) is 43.2 Å². The van der Waals surface area contributed by atoms with Crippen LogP contribution in [0.2, 0.25) is 0 Å². The third-order valence-electron chi connectivity index (χ3n) is 6.92. The average molecular weight is 488 g/mol. The van der Waals surface area contributed by atoms with E-state index in [9.17, 15) is 0 Å². The van der Waals surface area contributed by atoms with Crippen molar-refractivity contribution in [2.45, 2.75) is 18.6 Å². The van der Waals surface area contributed by atoms with Gasteiger partial charge in [-0.3, -0.25) is 0 Å². The molecule has 2 aliphatic heterocycles. The molecule has 4 heterocycles. The normalized spacial score (nSPS) is 17.0. The van der Waals surface area contributed by atoms with E-state index >= 15 is 0 Å². The molecule has 186 valence electrons. The van der Waals surface area contributed by atoms with Gasteiger partial charge in [-0.2, -0.15) is 0 Å². The summed E-state index contributed by atoms with van der Waals surface area (Å²) >= 11 is 0. The molecule has 4 aromatic rings. The summed E-state index contributed by atoms with van der Waals surface area (Å²) in [5, 5.41) is 8.08. The SMILES string of the molecule is COc1cc(N2CCC3(CC2)OCCO3)ccc1Nc1ncc2ccc(-c3ccccc3OC)n2n1. The molecule has 0 atom stereocenters. The minimum Gasteiger partial charge on any atom is -0.496 e. The zero-order valence-corrected chi connectivity index (χ0v) is 20.4. The van der Waals surface area contributed by atoms with Crippen LogP contribution in [0, 0.1) is 0 Å². The monoisotopic (exact) mass is 487 g/mol. The first kappa shape index (κ1) is 22.6. The molecule has 0 bridgehead atoms. The van der Waals surface area contributed by atoms with Crippen LogP contribution < -0.4 is 19.7 Å². The summed E-state index contributed by atoms with van der Waals surface area (Å²) < 4.78 is 24.9. The fraction of sp³-hybridized carbons (Fsp3) is 0.333. The Morgan fingerprint density at radius 2 is 1.69 bits per heavy atom. The van der Waals surface area contributed by atoms with Crippen LogP contribution in [-0.2, 0) is 9.47 Å². The number of aromatic nitrogens is 3. The number of anilines is 3. The number of hydrogen-bond donors (Lipinski definition) is 1. The van der Waals surface area contributed by atoms with Crippen molar-refractivity contribution < 1.29 is 18.9 Å². The minimum absolute atomic E-state index is 0.390. The summed E-state index contributed by atoms with van der Waals surface area (Å²) in [6, 6.07) is 18.1. The predicted molar refractivity (Wildman–Crippen MR) is 137 cm³/mol. The van der Waals surface area contributed by atoms with Gasteiger partial charge in [-0.1, -0.05) is 12.1 Å². The number of benzene rings is 2. The summed E-state index contributed by atoms with van der Waals surface area (Å²) in [5.41, 5.74) is 4.67. The highest BCUT2D eigenvalue weighted by molar-refractivity contribution is 5.72. The molecule has 6 rings (SSSR count). The van der Waals surface area contributed by atoms with E-state index in [4.69, 9.17) is 24.0 Å². The molecular weight excluding hydrogens is 458 g/mol. The van der Waals surface area contributed by atoms with Crippen molar-refractivity contribution in [1.29, 1.82) is 0 Å². The molecule has 2 aromatic carbocycles. The Kier molecular flexibility index (Phi) is 5.86. The maximum atomic E-state index is 5.86. The van der Waals surface area contributed by atoms with E-state index in [1.54, 1.807) is 20.4 Å². The van der Waals surface area contributed by atoms with Crippen molar-refractivity contribution in [3.63, 3.8) is 0 Å². The van der Waals surface area contributed by atoms with Crippen molar-refractivity contribution in [3.8, 4) is 22.8 Å². The van der Waals surface area contributed by atoms with E-state index < -0.39 is 0 Å². The topological polar surface area (TPSA) is 82.4 Å². The van der Waals surface area contributed by atoms with E-state index in [1.807, 2.05) is 53.0 Å². The van der Waals surface area contributed by atoms with Crippen LogP contribution in [0.3, 0.4) is 0 Å². The number of methoxy groups -OCH3 is 2. The number of para-hydroxylation sites is 1. The van der Waals surface area contributed by atoms with E-state index in [-0.39, 0.29) is 5.79 Å². The molecule has 2 aliphatic rings. The summed E-state index contributed by atoms with van der Waals surface area (Å²) in [5.74, 6) is 1.59. The van der Waals surface area contributed by atoms with E-state index in [1.165, 1.54) is 0 Å². The summed E-state index contributed by atoms with van der Waals surface area (Å²) in [4.78, 5) is 6.85. The third-order valence-corrected chi connectivity index (χ3v) is 6.92. The fourth-order valence-electron chi connectivity index (χ4n) is 5.01. The quantitative estimate of drug-likeness (QED) is 0.426. The molecule has 0 aliphatic carbocycles. The van der Waals surface area contributed by atoms with Crippen LogP contribution in [0.15, 0.2) is 60.8 Å². The number of nitrogens with zero attached hydrogens (tertiary/aromatic N) is 4. The van der Waals surface area contributed by atoms with Gasteiger partial charge in [0.15, 0.2) is 5.79 Å².